The van der Waals surface area contributed by atoms with E-state index in [9.17, 15) is 0 Å². The number of nitrogens with zero attached hydrogens (tertiary/aromatic N) is 1. The zero-order chi connectivity index (χ0) is 12.3. The van der Waals surface area contributed by atoms with Gasteiger partial charge in [-0.15, -0.1) is 0 Å². The van der Waals surface area contributed by atoms with Crippen LogP contribution in [0.4, 0.5) is 0 Å². The third-order valence-corrected chi connectivity index (χ3v) is 4.82. The maximum Gasteiger partial charge on any atom is 0.0221 e. The van der Waals surface area contributed by atoms with Crippen LogP contribution in [0.1, 0.15) is 52.9 Å². The van der Waals surface area contributed by atoms with Gasteiger partial charge >= 0.3 is 0 Å². The molecule has 1 saturated heterocycles. The number of hydrogen-bond acceptors (Lipinski definition) is 2. The van der Waals surface area contributed by atoms with Crippen LogP contribution in [0.5, 0.6) is 0 Å². The lowest BCUT2D eigenvalue weighted by Gasteiger charge is -2.41. The van der Waals surface area contributed by atoms with Gasteiger partial charge < -0.3 is 5.32 Å². The van der Waals surface area contributed by atoms with Crippen LogP contribution in [0.3, 0.4) is 0 Å². The molecule has 0 aromatic rings. The first-order valence-electron chi connectivity index (χ1n) is 7.68. The van der Waals surface area contributed by atoms with Gasteiger partial charge in [-0.2, -0.15) is 0 Å². The van der Waals surface area contributed by atoms with E-state index in [-0.39, 0.29) is 0 Å². The van der Waals surface area contributed by atoms with E-state index >= 15 is 0 Å². The molecule has 0 aromatic heterocycles. The van der Waals surface area contributed by atoms with Gasteiger partial charge in [-0.3, -0.25) is 4.90 Å². The summed E-state index contributed by atoms with van der Waals surface area (Å²) in [6, 6.07) is 1.45. The van der Waals surface area contributed by atoms with E-state index in [1.807, 2.05) is 0 Å². The fourth-order valence-electron chi connectivity index (χ4n) is 2.92. The van der Waals surface area contributed by atoms with Crippen LogP contribution >= 0.6 is 0 Å². The van der Waals surface area contributed by atoms with Gasteiger partial charge in [-0.05, 0) is 38.1 Å². The first kappa shape index (κ1) is 13.4. The highest BCUT2D eigenvalue weighted by Crippen LogP contribution is 2.33. The molecule has 0 amide bonds. The van der Waals surface area contributed by atoms with Gasteiger partial charge in [0.1, 0.15) is 0 Å². The molecule has 1 aliphatic carbocycles. The molecule has 1 saturated carbocycles. The zero-order valence-electron chi connectivity index (χ0n) is 11.9. The largest absolute Gasteiger partial charge is 0.311 e. The van der Waals surface area contributed by atoms with Gasteiger partial charge in [-0.1, -0.05) is 33.1 Å². The van der Waals surface area contributed by atoms with Gasteiger partial charge in [0.15, 0.2) is 0 Å². The lowest BCUT2D eigenvalue weighted by molar-refractivity contribution is 0.116. The molecule has 2 fully saturated rings. The van der Waals surface area contributed by atoms with Gasteiger partial charge in [-0.25, -0.2) is 0 Å². The Labute approximate surface area is 107 Å². The first-order valence-corrected chi connectivity index (χ1v) is 7.68. The Morgan fingerprint density at radius 1 is 1.35 bits per heavy atom. The molecule has 0 spiro atoms. The Balaban J connectivity index is 1.72. The molecule has 0 aromatic carbocycles. The molecule has 2 aliphatic rings. The zero-order valence-corrected chi connectivity index (χ0v) is 11.9. The van der Waals surface area contributed by atoms with Crippen LogP contribution in [0.2, 0.25) is 0 Å². The lowest BCUT2D eigenvalue weighted by Crippen LogP contribution is -2.57. The van der Waals surface area contributed by atoms with E-state index in [4.69, 9.17) is 0 Å². The average molecular weight is 238 g/mol. The van der Waals surface area contributed by atoms with Crippen LogP contribution in [0, 0.1) is 11.8 Å². The molecular formula is C15H30N2. The molecule has 100 valence electrons. The summed E-state index contributed by atoms with van der Waals surface area (Å²) in [5, 5.41) is 3.72. The predicted molar refractivity (Wildman–Crippen MR) is 74.2 cm³/mol. The second-order valence-corrected chi connectivity index (χ2v) is 6.33. The van der Waals surface area contributed by atoms with Crippen LogP contribution < -0.4 is 5.32 Å². The fourth-order valence-corrected chi connectivity index (χ4v) is 2.92. The van der Waals surface area contributed by atoms with Crippen LogP contribution in [0.15, 0.2) is 0 Å². The summed E-state index contributed by atoms with van der Waals surface area (Å²) in [4.78, 5) is 2.72. The lowest BCUT2D eigenvalue weighted by atomic mass is 9.95. The summed E-state index contributed by atoms with van der Waals surface area (Å²) in [5.74, 6) is 1.91. The smallest absolute Gasteiger partial charge is 0.0221 e. The highest BCUT2D eigenvalue weighted by molar-refractivity contribution is 4.86. The first-order chi connectivity index (χ1) is 8.20. The van der Waals surface area contributed by atoms with E-state index in [1.54, 1.807) is 0 Å². The Morgan fingerprint density at radius 2 is 2.12 bits per heavy atom. The van der Waals surface area contributed by atoms with Crippen molar-refractivity contribution in [2.45, 2.75) is 65.0 Å². The maximum absolute atomic E-state index is 3.72. The van der Waals surface area contributed by atoms with E-state index < -0.39 is 0 Å². The summed E-state index contributed by atoms with van der Waals surface area (Å²) in [6.07, 6.45) is 7.20. The summed E-state index contributed by atoms with van der Waals surface area (Å²) in [7, 11) is 0. The van der Waals surface area contributed by atoms with E-state index in [0.29, 0.717) is 0 Å². The summed E-state index contributed by atoms with van der Waals surface area (Å²) < 4.78 is 0. The van der Waals surface area contributed by atoms with Crippen LogP contribution in [0.25, 0.3) is 0 Å². The van der Waals surface area contributed by atoms with Crippen molar-refractivity contribution in [3.63, 3.8) is 0 Å². The summed E-state index contributed by atoms with van der Waals surface area (Å²) in [5.41, 5.74) is 0. The third-order valence-electron chi connectivity index (χ3n) is 4.82. The molecule has 17 heavy (non-hydrogen) atoms. The van der Waals surface area contributed by atoms with Crippen molar-refractivity contribution < 1.29 is 0 Å². The van der Waals surface area contributed by atoms with Crippen molar-refractivity contribution in [2.24, 2.45) is 11.8 Å². The normalized spacial score (nSPS) is 32.6. The van der Waals surface area contributed by atoms with Gasteiger partial charge in [0.05, 0.1) is 0 Å². The van der Waals surface area contributed by atoms with E-state index in [0.717, 1.165) is 23.9 Å². The average Bonchev–Trinajstić information content (AvgIpc) is 3.14. The molecule has 1 aliphatic heterocycles. The fraction of sp³-hybridized carbons (Fsp3) is 1.00. The standard InChI is InChI=1S/C15H30N2/c1-4-12(2)15-11-17(13(3)10-16-15)9-5-6-14-7-8-14/h12-16H,4-11H2,1-3H3. The highest BCUT2D eigenvalue weighted by atomic mass is 15.2. The third kappa shape index (κ3) is 3.96. The number of piperazine rings is 1. The highest BCUT2D eigenvalue weighted by Gasteiger charge is 2.28. The van der Waals surface area contributed by atoms with Crippen molar-refractivity contribution in [3.8, 4) is 0 Å². The molecule has 3 unspecified atom stereocenters. The Bertz CT molecular complexity index is 225. The maximum atomic E-state index is 3.72. The molecule has 0 radical (unpaired) electrons. The SMILES string of the molecule is CCC(C)C1CN(CCCC2CC2)C(C)CN1. The van der Waals surface area contributed by atoms with Crippen molar-refractivity contribution in [3.05, 3.63) is 0 Å². The number of nitrogens with one attached hydrogen (secondary N) is 1. The quantitative estimate of drug-likeness (QED) is 0.765. The molecule has 1 N–H and O–H groups in total. The molecule has 3 atom stereocenters. The minimum atomic E-state index is 0.720. The van der Waals surface area contributed by atoms with E-state index in [2.05, 4.69) is 31.0 Å². The predicted octanol–water partition coefficient (Wildman–Crippen LogP) is 2.89. The molecule has 2 rings (SSSR count). The molecular weight excluding hydrogens is 208 g/mol. The van der Waals surface area contributed by atoms with Gasteiger partial charge in [0, 0.05) is 25.2 Å². The molecule has 2 nitrogen and oxygen atoms in total. The van der Waals surface area contributed by atoms with Crippen molar-refractivity contribution in [1.29, 1.82) is 0 Å². The van der Waals surface area contributed by atoms with Crippen molar-refractivity contribution in [2.75, 3.05) is 19.6 Å². The number of rotatable bonds is 6. The molecule has 1 heterocycles. The topological polar surface area (TPSA) is 15.3 Å². The molecule has 2 heteroatoms. The minimum absolute atomic E-state index is 0.720. The van der Waals surface area contributed by atoms with E-state index in [1.165, 1.54) is 51.7 Å². The van der Waals surface area contributed by atoms with Crippen LogP contribution in [-0.2, 0) is 0 Å². The van der Waals surface area contributed by atoms with Gasteiger partial charge in [0.25, 0.3) is 0 Å². The van der Waals surface area contributed by atoms with Crippen LogP contribution in [-0.4, -0.2) is 36.6 Å². The summed E-state index contributed by atoms with van der Waals surface area (Å²) >= 11 is 0. The second kappa shape index (κ2) is 6.19. The summed E-state index contributed by atoms with van der Waals surface area (Å²) in [6.45, 7) is 10.8. The van der Waals surface area contributed by atoms with Crippen molar-refractivity contribution in [1.82, 2.24) is 10.2 Å². The van der Waals surface area contributed by atoms with Gasteiger partial charge in [0.2, 0.25) is 0 Å². The Morgan fingerprint density at radius 3 is 2.76 bits per heavy atom. The Hall–Kier alpha value is -0.0800. The number of hydrogen-bond donors (Lipinski definition) is 1. The minimum Gasteiger partial charge on any atom is -0.311 e. The molecule has 0 bridgehead atoms. The van der Waals surface area contributed by atoms with Crippen molar-refractivity contribution >= 4 is 0 Å². The monoisotopic (exact) mass is 238 g/mol. The Kier molecular flexibility index (Phi) is 4.87. The second-order valence-electron chi connectivity index (χ2n) is 6.33.